The molecule has 0 aliphatic carbocycles. The summed E-state index contributed by atoms with van der Waals surface area (Å²) >= 11 is 0. The number of aliphatic carboxylic acids is 1. The van der Waals surface area contributed by atoms with Gasteiger partial charge in [-0.3, -0.25) is 14.6 Å². The molecule has 8 heteroatoms. The number of aryl methyl sites for hydroxylation is 1. The minimum Gasteiger partial charge on any atom is -0.480 e. The number of carbonyl (C=O) groups is 3. The summed E-state index contributed by atoms with van der Waals surface area (Å²) in [6.07, 6.45) is 1.60. The lowest BCUT2D eigenvalue weighted by Crippen LogP contribution is -2.46. The van der Waals surface area contributed by atoms with E-state index in [2.05, 4.69) is 10.3 Å². The number of nitrogens with two attached hydrogens (primary N) is 1. The first-order chi connectivity index (χ1) is 9.38. The van der Waals surface area contributed by atoms with Gasteiger partial charge >= 0.3 is 12.0 Å². The van der Waals surface area contributed by atoms with Crippen LogP contribution in [0, 0.1) is 6.92 Å². The fraction of sp³-hybridized carbons (Fsp3) is 0.333. The predicted molar refractivity (Wildman–Crippen MR) is 69.6 cm³/mol. The van der Waals surface area contributed by atoms with Crippen molar-refractivity contribution in [3.05, 3.63) is 29.6 Å². The Balaban J connectivity index is 2.58. The highest BCUT2D eigenvalue weighted by Crippen LogP contribution is 1.99. The van der Waals surface area contributed by atoms with Gasteiger partial charge < -0.3 is 21.1 Å². The van der Waals surface area contributed by atoms with Crippen molar-refractivity contribution in [1.29, 1.82) is 0 Å². The summed E-state index contributed by atoms with van der Waals surface area (Å²) in [6.45, 7) is 0.968. The minimum atomic E-state index is -1.22. The Morgan fingerprint density at radius 1 is 1.35 bits per heavy atom. The summed E-state index contributed by atoms with van der Waals surface area (Å²) in [5, 5.41) is 11.2. The van der Waals surface area contributed by atoms with Crippen LogP contribution in [0.2, 0.25) is 0 Å². The normalized spacial score (nSPS) is 9.85. The van der Waals surface area contributed by atoms with Crippen LogP contribution in [0.5, 0.6) is 0 Å². The maximum Gasteiger partial charge on any atom is 0.323 e. The lowest BCUT2D eigenvalue weighted by molar-refractivity contribution is -0.137. The van der Waals surface area contributed by atoms with Gasteiger partial charge in [-0.25, -0.2) is 4.79 Å². The van der Waals surface area contributed by atoms with Crippen molar-refractivity contribution in [3.8, 4) is 0 Å². The second kappa shape index (κ2) is 7.07. The number of carboxylic acids is 1. The summed E-state index contributed by atoms with van der Waals surface area (Å²) in [4.78, 5) is 38.1. The van der Waals surface area contributed by atoms with Crippen LogP contribution in [0.15, 0.2) is 18.3 Å². The van der Waals surface area contributed by atoms with Crippen LogP contribution in [0.25, 0.3) is 0 Å². The zero-order chi connectivity index (χ0) is 15.1. The van der Waals surface area contributed by atoms with E-state index in [0.29, 0.717) is 0 Å². The molecule has 0 atom stereocenters. The average Bonchev–Trinajstić information content (AvgIpc) is 2.36. The molecule has 0 aliphatic heterocycles. The second-order valence-corrected chi connectivity index (χ2v) is 4.18. The fourth-order valence-electron chi connectivity index (χ4n) is 1.44. The Morgan fingerprint density at radius 2 is 2.05 bits per heavy atom. The molecule has 0 saturated carbocycles. The quantitative estimate of drug-likeness (QED) is 0.646. The van der Waals surface area contributed by atoms with Gasteiger partial charge in [-0.15, -0.1) is 0 Å². The second-order valence-electron chi connectivity index (χ2n) is 4.18. The zero-order valence-electron chi connectivity index (χ0n) is 11.0. The monoisotopic (exact) mass is 280 g/mol. The van der Waals surface area contributed by atoms with E-state index in [1.165, 1.54) is 0 Å². The molecular formula is C12H16N4O4. The molecule has 0 aromatic carbocycles. The lowest BCUT2D eigenvalue weighted by atomic mass is 10.2. The maximum absolute atomic E-state index is 11.8. The smallest absolute Gasteiger partial charge is 0.323 e. The summed E-state index contributed by atoms with van der Waals surface area (Å²) in [7, 11) is 0. The van der Waals surface area contributed by atoms with Gasteiger partial charge in [-0.2, -0.15) is 0 Å². The highest BCUT2D eigenvalue weighted by molar-refractivity contribution is 5.85. The van der Waals surface area contributed by atoms with Crippen molar-refractivity contribution < 1.29 is 19.5 Å². The van der Waals surface area contributed by atoms with E-state index in [1.54, 1.807) is 18.3 Å². The molecule has 1 rings (SSSR count). The zero-order valence-corrected chi connectivity index (χ0v) is 11.0. The maximum atomic E-state index is 11.8. The molecule has 108 valence electrons. The number of pyridine rings is 1. The Bertz CT molecular complexity index is 485. The van der Waals surface area contributed by atoms with E-state index in [-0.39, 0.29) is 6.54 Å². The van der Waals surface area contributed by atoms with Crippen molar-refractivity contribution >= 4 is 17.9 Å². The van der Waals surface area contributed by atoms with E-state index < -0.39 is 31.0 Å². The van der Waals surface area contributed by atoms with E-state index in [0.717, 1.165) is 16.2 Å². The summed E-state index contributed by atoms with van der Waals surface area (Å²) in [6, 6.07) is 2.91. The first kappa shape index (κ1) is 15.4. The van der Waals surface area contributed by atoms with Crippen LogP contribution >= 0.6 is 0 Å². The molecule has 8 nitrogen and oxygen atoms in total. The number of nitrogens with one attached hydrogen (secondary N) is 1. The topological polar surface area (TPSA) is 126 Å². The average molecular weight is 280 g/mol. The summed E-state index contributed by atoms with van der Waals surface area (Å²) < 4.78 is 0. The summed E-state index contributed by atoms with van der Waals surface area (Å²) in [5.41, 5.74) is 6.58. The molecule has 0 radical (unpaired) electrons. The number of primary amides is 1. The van der Waals surface area contributed by atoms with Gasteiger partial charge in [-0.1, -0.05) is 6.07 Å². The molecule has 20 heavy (non-hydrogen) atoms. The number of carbonyl (C=O) groups excluding carboxylic acids is 2. The Kier molecular flexibility index (Phi) is 5.45. The van der Waals surface area contributed by atoms with E-state index in [4.69, 9.17) is 10.8 Å². The van der Waals surface area contributed by atoms with E-state index in [1.807, 2.05) is 6.92 Å². The number of aromatic nitrogens is 1. The third-order valence-corrected chi connectivity index (χ3v) is 2.38. The molecule has 1 heterocycles. The van der Waals surface area contributed by atoms with Crippen molar-refractivity contribution in [3.63, 3.8) is 0 Å². The van der Waals surface area contributed by atoms with Crippen LogP contribution in [0.3, 0.4) is 0 Å². The molecular weight excluding hydrogens is 264 g/mol. The van der Waals surface area contributed by atoms with Gasteiger partial charge in [0.25, 0.3) is 0 Å². The molecule has 0 saturated heterocycles. The predicted octanol–water partition coefficient (Wildman–Crippen LogP) is -0.528. The first-order valence-corrected chi connectivity index (χ1v) is 5.83. The Hall–Kier alpha value is -2.64. The van der Waals surface area contributed by atoms with Crippen LogP contribution in [0.1, 0.15) is 11.3 Å². The highest BCUT2D eigenvalue weighted by atomic mass is 16.4. The number of hydrogen-bond acceptors (Lipinski definition) is 4. The van der Waals surface area contributed by atoms with Gasteiger partial charge in [0.2, 0.25) is 5.91 Å². The largest absolute Gasteiger partial charge is 0.480 e. The molecule has 0 spiro atoms. The van der Waals surface area contributed by atoms with Crippen LogP contribution in [-0.4, -0.2) is 46.0 Å². The van der Waals surface area contributed by atoms with E-state index >= 15 is 0 Å². The fourth-order valence-corrected chi connectivity index (χ4v) is 1.44. The van der Waals surface area contributed by atoms with Crippen molar-refractivity contribution in [2.45, 2.75) is 13.5 Å². The number of nitrogens with zero attached hydrogens (tertiary/aromatic N) is 2. The van der Waals surface area contributed by atoms with Crippen molar-refractivity contribution in [2.24, 2.45) is 5.73 Å². The first-order valence-electron chi connectivity index (χ1n) is 5.83. The standard InChI is InChI=1S/C12H16N4O4/c1-8-2-3-9(4-14-8)5-15-12(20)16(6-10(13)17)7-11(18)19/h2-4H,5-7H2,1H3,(H2,13,17)(H,15,20)(H,18,19). The Morgan fingerprint density at radius 3 is 2.55 bits per heavy atom. The highest BCUT2D eigenvalue weighted by Gasteiger charge is 2.18. The summed E-state index contributed by atoms with van der Waals surface area (Å²) in [5.74, 6) is -2.00. The minimum absolute atomic E-state index is 0.182. The SMILES string of the molecule is Cc1ccc(CNC(=O)N(CC(N)=O)CC(=O)O)cn1. The van der Waals surface area contributed by atoms with Crippen LogP contribution < -0.4 is 11.1 Å². The van der Waals surface area contributed by atoms with Crippen LogP contribution in [-0.2, 0) is 16.1 Å². The van der Waals surface area contributed by atoms with Gasteiger partial charge in [-0.05, 0) is 18.6 Å². The molecule has 1 aromatic rings. The van der Waals surface area contributed by atoms with Crippen molar-refractivity contribution in [1.82, 2.24) is 15.2 Å². The molecule has 0 bridgehead atoms. The molecule has 0 unspecified atom stereocenters. The molecule has 0 aliphatic rings. The number of urea groups is 1. The van der Waals surface area contributed by atoms with Gasteiger partial charge in [0.05, 0.1) is 0 Å². The third kappa shape index (κ3) is 5.34. The lowest BCUT2D eigenvalue weighted by Gasteiger charge is -2.19. The van der Waals surface area contributed by atoms with E-state index in [9.17, 15) is 14.4 Å². The van der Waals surface area contributed by atoms with Crippen molar-refractivity contribution in [2.75, 3.05) is 13.1 Å². The number of carboxylic acid groups (broad SMARTS) is 1. The number of amides is 3. The molecule has 4 N–H and O–H groups in total. The molecule has 3 amide bonds. The number of rotatable bonds is 6. The third-order valence-electron chi connectivity index (χ3n) is 2.38. The van der Waals surface area contributed by atoms with Crippen LogP contribution in [0.4, 0.5) is 4.79 Å². The van der Waals surface area contributed by atoms with Gasteiger partial charge in [0.15, 0.2) is 0 Å². The van der Waals surface area contributed by atoms with Gasteiger partial charge in [0, 0.05) is 18.4 Å². The Labute approximate surface area is 115 Å². The van der Waals surface area contributed by atoms with Gasteiger partial charge in [0.1, 0.15) is 13.1 Å². The number of hydrogen-bond donors (Lipinski definition) is 3. The molecule has 0 fully saturated rings. The molecule has 1 aromatic heterocycles.